The number of imide groups is 1. The highest BCUT2D eigenvalue weighted by atomic mass is 35.5. The minimum atomic E-state index is -0.643. The van der Waals surface area contributed by atoms with E-state index in [2.05, 4.69) is 4.74 Å². The standard InChI is InChI=1S/C15H12ClNO4S/c1-21-13(18)9-17-14(19)12(22-15(17)20)8-4-6-10-5-2-3-7-11(10)16/h2-8H,9H2,1H3/b6-4+,12-8-. The predicted octanol–water partition coefficient (Wildman–Crippen LogP) is 3.11. The second-order valence-corrected chi connectivity index (χ2v) is 5.65. The number of thioether (sulfide) groups is 1. The zero-order chi connectivity index (χ0) is 16.1. The maximum atomic E-state index is 12.0. The van der Waals surface area contributed by atoms with Crippen LogP contribution < -0.4 is 0 Å². The molecular formula is C15H12ClNO4S. The highest BCUT2D eigenvalue weighted by molar-refractivity contribution is 8.18. The molecule has 0 aromatic heterocycles. The summed E-state index contributed by atoms with van der Waals surface area (Å²) in [6.07, 6.45) is 4.89. The number of amides is 2. The van der Waals surface area contributed by atoms with Gasteiger partial charge in [0.05, 0.1) is 12.0 Å². The van der Waals surface area contributed by atoms with E-state index in [0.29, 0.717) is 5.02 Å². The van der Waals surface area contributed by atoms with Gasteiger partial charge in [0.25, 0.3) is 11.1 Å². The van der Waals surface area contributed by atoms with Crippen LogP contribution in [0.3, 0.4) is 0 Å². The van der Waals surface area contributed by atoms with E-state index >= 15 is 0 Å². The monoisotopic (exact) mass is 337 g/mol. The van der Waals surface area contributed by atoms with Gasteiger partial charge >= 0.3 is 5.97 Å². The second-order valence-electron chi connectivity index (χ2n) is 4.25. The first kappa shape index (κ1) is 16.3. The first-order chi connectivity index (χ1) is 10.5. The second kappa shape index (κ2) is 7.29. The topological polar surface area (TPSA) is 63.7 Å². The van der Waals surface area contributed by atoms with E-state index in [9.17, 15) is 14.4 Å². The summed E-state index contributed by atoms with van der Waals surface area (Å²) in [5.74, 6) is -1.15. The fourth-order valence-corrected chi connectivity index (χ4v) is 2.68. The lowest BCUT2D eigenvalue weighted by molar-refractivity contribution is -0.143. The Morgan fingerprint density at radius 2 is 2.09 bits per heavy atom. The van der Waals surface area contributed by atoms with Gasteiger partial charge in [-0.3, -0.25) is 19.3 Å². The fraction of sp³-hybridized carbons (Fsp3) is 0.133. The molecule has 0 bridgehead atoms. The number of esters is 1. The maximum Gasteiger partial charge on any atom is 0.325 e. The first-order valence-electron chi connectivity index (χ1n) is 6.26. The molecule has 0 radical (unpaired) electrons. The maximum absolute atomic E-state index is 12.0. The van der Waals surface area contributed by atoms with Crippen molar-refractivity contribution in [3.8, 4) is 0 Å². The molecule has 0 saturated carbocycles. The Kier molecular flexibility index (Phi) is 5.41. The zero-order valence-electron chi connectivity index (χ0n) is 11.6. The zero-order valence-corrected chi connectivity index (χ0v) is 13.2. The number of methoxy groups -OCH3 is 1. The predicted molar refractivity (Wildman–Crippen MR) is 85.3 cm³/mol. The van der Waals surface area contributed by atoms with Gasteiger partial charge in [-0.2, -0.15) is 0 Å². The first-order valence-corrected chi connectivity index (χ1v) is 7.45. The van der Waals surface area contributed by atoms with Crippen molar-refractivity contribution in [2.24, 2.45) is 0 Å². The lowest BCUT2D eigenvalue weighted by atomic mass is 10.2. The van der Waals surface area contributed by atoms with Crippen LogP contribution >= 0.6 is 23.4 Å². The molecule has 5 nitrogen and oxygen atoms in total. The smallest absolute Gasteiger partial charge is 0.325 e. The minimum Gasteiger partial charge on any atom is -0.468 e. The number of hydrogen-bond donors (Lipinski definition) is 0. The van der Waals surface area contributed by atoms with Crippen LogP contribution in [0.4, 0.5) is 4.79 Å². The van der Waals surface area contributed by atoms with E-state index in [-0.39, 0.29) is 11.4 Å². The Balaban J connectivity index is 2.10. The molecule has 1 aromatic carbocycles. The molecule has 1 aliphatic heterocycles. The van der Waals surface area contributed by atoms with Crippen LogP contribution in [0.2, 0.25) is 5.02 Å². The third-order valence-corrected chi connectivity index (χ3v) is 4.09. The van der Waals surface area contributed by atoms with E-state index in [1.807, 2.05) is 18.2 Å². The van der Waals surface area contributed by atoms with Gasteiger partial charge in [-0.25, -0.2) is 0 Å². The lowest BCUT2D eigenvalue weighted by Crippen LogP contribution is -2.34. The van der Waals surface area contributed by atoms with Gasteiger partial charge in [0, 0.05) is 5.02 Å². The van der Waals surface area contributed by atoms with Crippen molar-refractivity contribution >= 4 is 46.6 Å². The Labute approximate surface area is 136 Å². The van der Waals surface area contributed by atoms with E-state index in [1.165, 1.54) is 13.2 Å². The molecule has 2 rings (SSSR count). The number of carbonyl (C=O) groups excluding carboxylic acids is 3. The van der Waals surface area contributed by atoms with Gasteiger partial charge < -0.3 is 4.74 Å². The van der Waals surface area contributed by atoms with Crippen LogP contribution in [0.15, 0.2) is 41.3 Å². The van der Waals surface area contributed by atoms with Gasteiger partial charge in [0.15, 0.2) is 0 Å². The molecule has 22 heavy (non-hydrogen) atoms. The molecule has 0 spiro atoms. The van der Waals surface area contributed by atoms with Crippen molar-refractivity contribution < 1.29 is 19.1 Å². The molecule has 0 unspecified atom stereocenters. The van der Waals surface area contributed by atoms with Crippen LogP contribution in [0.5, 0.6) is 0 Å². The molecule has 0 atom stereocenters. The molecule has 114 valence electrons. The van der Waals surface area contributed by atoms with E-state index < -0.39 is 17.1 Å². The highest BCUT2D eigenvalue weighted by Crippen LogP contribution is 2.30. The van der Waals surface area contributed by atoms with Crippen molar-refractivity contribution in [1.82, 2.24) is 4.90 Å². The summed E-state index contributed by atoms with van der Waals surface area (Å²) in [4.78, 5) is 36.0. The summed E-state index contributed by atoms with van der Waals surface area (Å²) in [5, 5.41) is 0.0961. The van der Waals surface area contributed by atoms with Crippen LogP contribution in [-0.4, -0.2) is 35.7 Å². The third kappa shape index (κ3) is 3.78. The van der Waals surface area contributed by atoms with Gasteiger partial charge in [-0.05, 0) is 29.5 Å². The number of carbonyl (C=O) groups is 3. The number of nitrogens with zero attached hydrogens (tertiary/aromatic N) is 1. The molecule has 0 aliphatic carbocycles. The van der Waals surface area contributed by atoms with Crippen molar-refractivity contribution in [3.63, 3.8) is 0 Å². The summed E-state index contributed by atoms with van der Waals surface area (Å²) >= 11 is 6.79. The summed E-state index contributed by atoms with van der Waals surface area (Å²) < 4.78 is 4.45. The normalized spacial score (nSPS) is 16.8. The van der Waals surface area contributed by atoms with Crippen LogP contribution in [-0.2, 0) is 14.3 Å². The van der Waals surface area contributed by atoms with E-state index in [1.54, 1.807) is 18.2 Å². The van der Waals surface area contributed by atoms with Crippen LogP contribution in [0, 0.1) is 0 Å². The Morgan fingerprint density at radius 3 is 2.77 bits per heavy atom. The van der Waals surface area contributed by atoms with Crippen LogP contribution in [0.25, 0.3) is 6.08 Å². The van der Waals surface area contributed by atoms with Crippen molar-refractivity contribution in [2.75, 3.05) is 13.7 Å². The number of benzene rings is 1. The van der Waals surface area contributed by atoms with E-state index in [0.717, 1.165) is 22.2 Å². The summed E-state index contributed by atoms with van der Waals surface area (Å²) in [6.45, 7) is -0.382. The Morgan fingerprint density at radius 1 is 1.36 bits per heavy atom. The van der Waals surface area contributed by atoms with Crippen molar-refractivity contribution in [3.05, 3.63) is 51.9 Å². The number of hydrogen-bond acceptors (Lipinski definition) is 5. The molecule has 1 saturated heterocycles. The van der Waals surface area contributed by atoms with E-state index in [4.69, 9.17) is 11.6 Å². The lowest BCUT2D eigenvalue weighted by Gasteiger charge is -2.09. The number of allylic oxidation sites excluding steroid dienone is 2. The molecule has 1 aliphatic rings. The molecule has 7 heteroatoms. The average Bonchev–Trinajstić information content (AvgIpc) is 2.77. The molecule has 1 aromatic rings. The third-order valence-electron chi connectivity index (χ3n) is 2.82. The van der Waals surface area contributed by atoms with Crippen molar-refractivity contribution in [2.45, 2.75) is 0 Å². The summed E-state index contributed by atoms with van der Waals surface area (Å²) in [6, 6.07) is 7.24. The minimum absolute atomic E-state index is 0.247. The number of ether oxygens (including phenoxy) is 1. The number of rotatable bonds is 4. The van der Waals surface area contributed by atoms with Crippen LogP contribution in [0.1, 0.15) is 5.56 Å². The molecule has 1 heterocycles. The molecular weight excluding hydrogens is 326 g/mol. The highest BCUT2D eigenvalue weighted by Gasteiger charge is 2.36. The molecule has 0 N–H and O–H groups in total. The Hall–Kier alpha value is -2.05. The SMILES string of the molecule is COC(=O)CN1C(=O)S/C(=C\C=C\c2ccccc2Cl)C1=O. The summed E-state index contributed by atoms with van der Waals surface area (Å²) in [5.41, 5.74) is 0.800. The average molecular weight is 338 g/mol. The summed E-state index contributed by atoms with van der Waals surface area (Å²) in [7, 11) is 1.20. The Bertz CT molecular complexity index is 684. The largest absolute Gasteiger partial charge is 0.468 e. The fourth-order valence-electron chi connectivity index (χ4n) is 1.69. The van der Waals surface area contributed by atoms with Gasteiger partial charge in [-0.1, -0.05) is 42.0 Å². The van der Waals surface area contributed by atoms with Crippen molar-refractivity contribution in [1.29, 1.82) is 0 Å². The number of halogens is 1. The quantitative estimate of drug-likeness (QED) is 0.624. The van der Waals surface area contributed by atoms with Gasteiger partial charge in [-0.15, -0.1) is 0 Å². The molecule has 1 fully saturated rings. The molecule has 2 amide bonds. The van der Waals surface area contributed by atoms with Gasteiger partial charge in [0.1, 0.15) is 6.54 Å². The van der Waals surface area contributed by atoms with Gasteiger partial charge in [0.2, 0.25) is 0 Å².